The Bertz CT molecular complexity index is 734. The highest BCUT2D eigenvalue weighted by atomic mass is 32.1. The van der Waals surface area contributed by atoms with E-state index in [1.165, 1.54) is 0 Å². The lowest BCUT2D eigenvalue weighted by atomic mass is 10.2. The van der Waals surface area contributed by atoms with Gasteiger partial charge in [0.2, 0.25) is 5.91 Å². The monoisotopic (exact) mass is 305 g/mol. The van der Waals surface area contributed by atoms with Gasteiger partial charge in [0.25, 0.3) is 0 Å². The van der Waals surface area contributed by atoms with Crippen LogP contribution in [-0.4, -0.2) is 40.6 Å². The number of rotatable bonds is 4. The Kier molecular flexibility index (Phi) is 3.71. The Morgan fingerprint density at radius 3 is 2.95 bits per heavy atom. The molecule has 2 heterocycles. The molecule has 1 unspecified atom stereocenters. The van der Waals surface area contributed by atoms with Crippen molar-refractivity contribution in [2.24, 2.45) is 0 Å². The van der Waals surface area contributed by atoms with E-state index >= 15 is 0 Å². The van der Waals surface area contributed by atoms with E-state index in [0.29, 0.717) is 11.4 Å². The topological polar surface area (TPSA) is 50.3 Å². The molecule has 21 heavy (non-hydrogen) atoms. The number of aromatic amines is 1. The van der Waals surface area contributed by atoms with E-state index in [2.05, 4.69) is 11.9 Å². The van der Waals surface area contributed by atoms with Crippen LogP contribution in [0.5, 0.6) is 5.75 Å². The number of carbonyl (C=O) groups is 1. The number of nitrogens with zero attached hydrogens (tertiary/aromatic N) is 2. The molecule has 1 N–H and O–H groups in total. The molecule has 3 rings (SSSR count). The molecule has 1 aromatic heterocycles. The molecule has 0 aliphatic carbocycles. The number of likely N-dealkylation sites (N-methyl/N-ethyl adjacent to an activating group) is 1. The van der Waals surface area contributed by atoms with Crippen LogP contribution >= 0.6 is 12.2 Å². The van der Waals surface area contributed by atoms with Crippen LogP contribution in [0.3, 0.4) is 0 Å². The highest BCUT2D eigenvalue weighted by Crippen LogP contribution is 2.31. The first-order valence-corrected chi connectivity index (χ1v) is 7.65. The first-order valence-electron chi connectivity index (χ1n) is 7.24. The number of nitrogens with one attached hydrogen (secondary N) is 1. The molecule has 6 heteroatoms. The van der Waals surface area contributed by atoms with Gasteiger partial charge in [-0.05, 0) is 37.2 Å². The van der Waals surface area contributed by atoms with Crippen molar-refractivity contribution in [1.82, 2.24) is 14.5 Å². The molecule has 1 saturated heterocycles. The summed E-state index contributed by atoms with van der Waals surface area (Å²) < 4.78 is 8.26. The standard InChI is InChI=1S/C15H19N3O2S/c1-3-9-20-12-6-4-5-10-13(12)16-15(21)18(10)11-7-8-17(2)14(11)19/h4-6,11H,3,7-9H2,1-2H3,(H,16,21). The highest BCUT2D eigenvalue weighted by Gasteiger charge is 2.32. The molecule has 1 amide bonds. The molecule has 0 radical (unpaired) electrons. The van der Waals surface area contributed by atoms with Gasteiger partial charge in [-0.2, -0.15) is 0 Å². The predicted molar refractivity (Wildman–Crippen MR) is 84.2 cm³/mol. The number of para-hydroxylation sites is 1. The number of imidazole rings is 1. The summed E-state index contributed by atoms with van der Waals surface area (Å²) in [5, 5.41) is 0. The van der Waals surface area contributed by atoms with Crippen LogP contribution in [0.4, 0.5) is 0 Å². The molecule has 0 saturated carbocycles. The smallest absolute Gasteiger partial charge is 0.245 e. The number of fused-ring (bicyclic) bond motifs is 1. The molecule has 1 aliphatic heterocycles. The van der Waals surface area contributed by atoms with Crippen molar-refractivity contribution in [3.05, 3.63) is 23.0 Å². The Labute approximate surface area is 128 Å². The maximum atomic E-state index is 12.3. The Hall–Kier alpha value is -1.82. The lowest BCUT2D eigenvalue weighted by molar-refractivity contribution is -0.129. The molecule has 5 nitrogen and oxygen atoms in total. The maximum Gasteiger partial charge on any atom is 0.245 e. The van der Waals surface area contributed by atoms with E-state index in [0.717, 1.165) is 36.2 Å². The first kappa shape index (κ1) is 14.1. The number of ether oxygens (including phenoxy) is 1. The molecule has 0 bridgehead atoms. The van der Waals surface area contributed by atoms with Gasteiger partial charge in [0.05, 0.1) is 12.1 Å². The number of likely N-dealkylation sites (tertiary alicyclic amines) is 1. The summed E-state index contributed by atoms with van der Waals surface area (Å²) >= 11 is 5.43. The third-order valence-electron chi connectivity index (χ3n) is 3.89. The SMILES string of the molecule is CCCOc1cccc2c1[nH]c(=S)n2C1CCN(C)C1=O. The number of H-pyrrole nitrogens is 1. The second-order valence-electron chi connectivity index (χ2n) is 5.36. The van der Waals surface area contributed by atoms with Gasteiger partial charge in [-0.3, -0.25) is 4.79 Å². The minimum atomic E-state index is -0.210. The van der Waals surface area contributed by atoms with Crippen molar-refractivity contribution in [2.45, 2.75) is 25.8 Å². The number of carbonyl (C=O) groups excluding carboxylic acids is 1. The Morgan fingerprint density at radius 2 is 2.29 bits per heavy atom. The lowest BCUT2D eigenvalue weighted by Crippen LogP contribution is -2.24. The summed E-state index contributed by atoms with van der Waals surface area (Å²) in [5.41, 5.74) is 1.81. The van der Waals surface area contributed by atoms with Gasteiger partial charge in [-0.1, -0.05) is 13.0 Å². The third kappa shape index (κ3) is 2.33. The number of hydrogen-bond acceptors (Lipinski definition) is 3. The summed E-state index contributed by atoms with van der Waals surface area (Å²) in [6.45, 7) is 3.50. The summed E-state index contributed by atoms with van der Waals surface area (Å²) in [6, 6.07) is 5.63. The van der Waals surface area contributed by atoms with E-state index in [-0.39, 0.29) is 11.9 Å². The van der Waals surface area contributed by atoms with Gasteiger partial charge in [-0.25, -0.2) is 0 Å². The quantitative estimate of drug-likeness (QED) is 0.884. The zero-order valence-corrected chi connectivity index (χ0v) is 13.1. The summed E-state index contributed by atoms with van der Waals surface area (Å²) in [5.74, 6) is 0.907. The lowest BCUT2D eigenvalue weighted by Gasteiger charge is -2.13. The van der Waals surface area contributed by atoms with E-state index in [1.807, 2.05) is 29.8 Å². The Morgan fingerprint density at radius 1 is 1.48 bits per heavy atom. The third-order valence-corrected chi connectivity index (χ3v) is 4.19. The fourth-order valence-electron chi connectivity index (χ4n) is 2.81. The average molecular weight is 305 g/mol. The van der Waals surface area contributed by atoms with Crippen LogP contribution < -0.4 is 4.74 Å². The van der Waals surface area contributed by atoms with Crippen LogP contribution in [0.15, 0.2) is 18.2 Å². The zero-order chi connectivity index (χ0) is 15.0. The van der Waals surface area contributed by atoms with E-state index in [1.54, 1.807) is 4.90 Å². The molecular weight excluding hydrogens is 286 g/mol. The minimum absolute atomic E-state index is 0.117. The van der Waals surface area contributed by atoms with Crippen molar-refractivity contribution >= 4 is 29.2 Å². The summed E-state index contributed by atoms with van der Waals surface area (Å²) in [4.78, 5) is 17.2. The first-order chi connectivity index (χ1) is 10.1. The zero-order valence-electron chi connectivity index (χ0n) is 12.3. The van der Waals surface area contributed by atoms with Crippen LogP contribution in [0, 0.1) is 4.77 Å². The second kappa shape index (κ2) is 5.52. The van der Waals surface area contributed by atoms with Crippen molar-refractivity contribution in [2.75, 3.05) is 20.2 Å². The van der Waals surface area contributed by atoms with Crippen LogP contribution in [0.25, 0.3) is 11.0 Å². The number of benzene rings is 1. The van der Waals surface area contributed by atoms with Crippen LogP contribution in [-0.2, 0) is 4.79 Å². The van der Waals surface area contributed by atoms with Crippen molar-refractivity contribution in [3.63, 3.8) is 0 Å². The predicted octanol–water partition coefficient (Wildman–Crippen LogP) is 2.89. The van der Waals surface area contributed by atoms with Gasteiger partial charge in [0.1, 0.15) is 17.3 Å². The van der Waals surface area contributed by atoms with Gasteiger partial charge in [0, 0.05) is 13.6 Å². The van der Waals surface area contributed by atoms with Crippen LogP contribution in [0.2, 0.25) is 0 Å². The van der Waals surface area contributed by atoms with Crippen molar-refractivity contribution < 1.29 is 9.53 Å². The molecule has 0 spiro atoms. The van der Waals surface area contributed by atoms with E-state index in [4.69, 9.17) is 17.0 Å². The number of amides is 1. The molecule has 1 aliphatic rings. The van der Waals surface area contributed by atoms with E-state index < -0.39 is 0 Å². The summed E-state index contributed by atoms with van der Waals surface area (Å²) in [7, 11) is 1.83. The average Bonchev–Trinajstić information content (AvgIpc) is 2.97. The van der Waals surface area contributed by atoms with Gasteiger partial charge in [-0.15, -0.1) is 0 Å². The molecule has 1 aromatic carbocycles. The molecule has 112 valence electrons. The summed E-state index contributed by atoms with van der Waals surface area (Å²) in [6.07, 6.45) is 1.74. The normalized spacial score (nSPS) is 18.7. The largest absolute Gasteiger partial charge is 0.491 e. The Balaban J connectivity index is 2.10. The molecule has 2 aromatic rings. The number of aromatic nitrogens is 2. The second-order valence-corrected chi connectivity index (χ2v) is 5.75. The molecule has 1 fully saturated rings. The fraction of sp³-hybridized carbons (Fsp3) is 0.467. The molecular formula is C15H19N3O2S. The van der Waals surface area contributed by atoms with Crippen LogP contribution in [0.1, 0.15) is 25.8 Å². The number of hydrogen-bond donors (Lipinski definition) is 1. The fourth-order valence-corrected chi connectivity index (χ4v) is 3.14. The van der Waals surface area contributed by atoms with Crippen molar-refractivity contribution in [3.8, 4) is 5.75 Å². The van der Waals surface area contributed by atoms with E-state index in [9.17, 15) is 4.79 Å². The highest BCUT2D eigenvalue weighted by molar-refractivity contribution is 7.71. The van der Waals surface area contributed by atoms with Crippen molar-refractivity contribution in [1.29, 1.82) is 0 Å². The maximum absolute atomic E-state index is 12.3. The van der Waals surface area contributed by atoms with Gasteiger partial charge >= 0.3 is 0 Å². The van der Waals surface area contributed by atoms with Gasteiger partial charge in [0.15, 0.2) is 4.77 Å². The molecule has 1 atom stereocenters. The minimum Gasteiger partial charge on any atom is -0.491 e. The van der Waals surface area contributed by atoms with Gasteiger partial charge < -0.3 is 19.2 Å².